The molecule has 5 nitrogen and oxygen atoms in total. The first-order chi connectivity index (χ1) is 10.8. The highest BCUT2D eigenvalue weighted by molar-refractivity contribution is 5.74. The van der Waals surface area contributed by atoms with E-state index in [1.807, 2.05) is 0 Å². The number of hydrogen-bond acceptors (Lipinski definition) is 3. The zero-order valence-electron chi connectivity index (χ0n) is 12.4. The zero-order valence-corrected chi connectivity index (χ0v) is 12.4. The van der Waals surface area contributed by atoms with E-state index in [1.54, 1.807) is 6.07 Å². The Kier molecular flexibility index (Phi) is 4.08. The summed E-state index contributed by atoms with van der Waals surface area (Å²) < 4.78 is 40.9. The van der Waals surface area contributed by atoms with Gasteiger partial charge < -0.3 is 15.4 Å². The maximum absolute atomic E-state index is 12.1. The van der Waals surface area contributed by atoms with Gasteiger partial charge in [-0.3, -0.25) is 0 Å². The molecule has 0 aliphatic heterocycles. The molecule has 2 aliphatic rings. The number of urea groups is 1. The third-order valence-electron chi connectivity index (χ3n) is 4.29. The highest BCUT2D eigenvalue weighted by atomic mass is 19.4. The summed E-state index contributed by atoms with van der Waals surface area (Å²) >= 11 is 0. The van der Waals surface area contributed by atoms with E-state index in [9.17, 15) is 18.0 Å². The van der Waals surface area contributed by atoms with Crippen molar-refractivity contribution >= 4 is 6.03 Å². The summed E-state index contributed by atoms with van der Waals surface area (Å²) in [5.41, 5.74) is 1.15. The number of nitrogens with one attached hydrogen (secondary N) is 2. The quantitative estimate of drug-likeness (QED) is 0.873. The number of carbonyl (C=O) groups is 1. The van der Waals surface area contributed by atoms with Crippen LogP contribution in [0.5, 0.6) is 5.88 Å². The van der Waals surface area contributed by atoms with Gasteiger partial charge in [0.25, 0.3) is 0 Å². The van der Waals surface area contributed by atoms with Crippen LogP contribution >= 0.6 is 0 Å². The summed E-state index contributed by atoms with van der Waals surface area (Å²) in [5, 5.41) is 5.59. The van der Waals surface area contributed by atoms with Crippen LogP contribution in [0.3, 0.4) is 0 Å². The molecule has 3 rings (SSSR count). The van der Waals surface area contributed by atoms with Gasteiger partial charge >= 0.3 is 12.2 Å². The van der Waals surface area contributed by atoms with Gasteiger partial charge in [0, 0.05) is 24.8 Å². The van der Waals surface area contributed by atoms with E-state index in [4.69, 9.17) is 0 Å². The number of carbonyl (C=O) groups excluding carboxylic acids is 1. The normalized spacial score (nSPS) is 19.1. The number of aromatic nitrogens is 1. The van der Waals surface area contributed by atoms with Gasteiger partial charge in [0.2, 0.25) is 5.88 Å². The first-order valence-electron chi connectivity index (χ1n) is 7.53. The monoisotopic (exact) mass is 329 g/mol. The molecule has 0 bridgehead atoms. The van der Waals surface area contributed by atoms with E-state index in [-0.39, 0.29) is 24.5 Å². The fourth-order valence-electron chi connectivity index (χ4n) is 2.89. The molecule has 2 saturated carbocycles. The Balaban J connectivity index is 1.41. The Hall–Kier alpha value is -1.99. The Bertz CT molecular complexity index is 580. The predicted octanol–water partition coefficient (Wildman–Crippen LogP) is 2.76. The van der Waals surface area contributed by atoms with Crippen molar-refractivity contribution in [2.75, 3.05) is 6.61 Å². The third-order valence-corrected chi connectivity index (χ3v) is 4.29. The van der Waals surface area contributed by atoms with Gasteiger partial charge in [-0.2, -0.15) is 13.2 Å². The molecular weight excluding hydrogens is 311 g/mol. The van der Waals surface area contributed by atoms with Gasteiger partial charge in [-0.1, -0.05) is 0 Å². The van der Waals surface area contributed by atoms with Gasteiger partial charge in [0.05, 0.1) is 0 Å². The lowest BCUT2D eigenvalue weighted by Gasteiger charge is -2.36. The third kappa shape index (κ3) is 4.49. The van der Waals surface area contributed by atoms with E-state index < -0.39 is 12.8 Å². The Labute approximate surface area is 131 Å². The van der Waals surface area contributed by atoms with Gasteiger partial charge in [-0.25, -0.2) is 9.78 Å². The van der Waals surface area contributed by atoms with Crippen molar-refractivity contribution in [3.63, 3.8) is 0 Å². The molecule has 2 aliphatic carbocycles. The number of rotatable bonds is 5. The molecule has 0 saturated heterocycles. The number of pyridine rings is 1. The molecule has 1 aromatic heterocycles. The van der Waals surface area contributed by atoms with Gasteiger partial charge in [0.1, 0.15) is 0 Å². The topological polar surface area (TPSA) is 63.2 Å². The lowest BCUT2D eigenvalue weighted by molar-refractivity contribution is -0.154. The van der Waals surface area contributed by atoms with Crippen LogP contribution < -0.4 is 15.4 Å². The summed E-state index contributed by atoms with van der Waals surface area (Å²) in [4.78, 5) is 15.5. The molecule has 0 unspecified atom stereocenters. The maximum atomic E-state index is 12.1. The smallest absolute Gasteiger partial charge is 0.422 e. The molecule has 8 heteroatoms. The highest BCUT2D eigenvalue weighted by Gasteiger charge is 2.53. The molecule has 2 N–H and O–H groups in total. The lowest BCUT2D eigenvalue weighted by Crippen LogP contribution is -2.48. The molecule has 23 heavy (non-hydrogen) atoms. The standard InChI is InChI=1S/C15H18F3N3O2/c16-15(17,18)9-23-12-5-10(1-4-19-12)8-20-13(22)21-11-6-14(7-11)2-3-14/h1,4-5,11H,2-3,6-9H2,(H2,20,21,22). The molecule has 0 atom stereocenters. The maximum Gasteiger partial charge on any atom is 0.422 e. The van der Waals surface area contributed by atoms with Gasteiger partial charge in [-0.05, 0) is 42.7 Å². The summed E-state index contributed by atoms with van der Waals surface area (Å²) in [6.45, 7) is -1.19. The van der Waals surface area contributed by atoms with Gasteiger partial charge in [0.15, 0.2) is 6.61 Å². The number of halogens is 3. The number of ether oxygens (including phenoxy) is 1. The van der Waals surface area contributed by atoms with Crippen LogP contribution in [0.4, 0.5) is 18.0 Å². The fraction of sp³-hybridized carbons (Fsp3) is 0.600. The Morgan fingerprint density at radius 3 is 2.78 bits per heavy atom. The first-order valence-corrected chi connectivity index (χ1v) is 7.53. The predicted molar refractivity (Wildman–Crippen MR) is 75.8 cm³/mol. The summed E-state index contributed by atoms with van der Waals surface area (Å²) in [6, 6.07) is 2.97. The van der Waals surface area contributed by atoms with E-state index in [0.717, 1.165) is 12.8 Å². The van der Waals surface area contributed by atoms with Crippen molar-refractivity contribution in [1.82, 2.24) is 15.6 Å². The van der Waals surface area contributed by atoms with Crippen LogP contribution in [0.25, 0.3) is 0 Å². The van der Waals surface area contributed by atoms with Crippen LogP contribution in [-0.4, -0.2) is 29.8 Å². The average molecular weight is 329 g/mol. The van der Waals surface area contributed by atoms with Crippen molar-refractivity contribution in [2.24, 2.45) is 5.41 Å². The minimum absolute atomic E-state index is 0.114. The number of alkyl halides is 3. The second kappa shape index (κ2) is 5.90. The van der Waals surface area contributed by atoms with E-state index in [1.165, 1.54) is 25.1 Å². The van der Waals surface area contributed by atoms with Crippen LogP contribution in [-0.2, 0) is 6.54 Å². The summed E-state index contributed by atoms with van der Waals surface area (Å²) in [5.74, 6) is -0.114. The molecule has 2 fully saturated rings. The molecular formula is C15H18F3N3O2. The summed E-state index contributed by atoms with van der Waals surface area (Å²) in [7, 11) is 0. The highest BCUT2D eigenvalue weighted by Crippen LogP contribution is 2.60. The van der Waals surface area contributed by atoms with Crippen LogP contribution in [0, 0.1) is 5.41 Å². The van der Waals surface area contributed by atoms with E-state index in [2.05, 4.69) is 20.4 Å². The van der Waals surface area contributed by atoms with Gasteiger partial charge in [-0.15, -0.1) is 0 Å². The summed E-state index contributed by atoms with van der Waals surface area (Å²) in [6.07, 6.45) is 1.58. The van der Waals surface area contributed by atoms with Crippen molar-refractivity contribution in [3.05, 3.63) is 23.9 Å². The molecule has 0 radical (unpaired) electrons. The number of hydrogen-bond donors (Lipinski definition) is 2. The second-order valence-electron chi connectivity index (χ2n) is 6.34. The second-order valence-corrected chi connectivity index (χ2v) is 6.34. The van der Waals surface area contributed by atoms with Crippen molar-refractivity contribution < 1.29 is 22.7 Å². The molecule has 1 aromatic rings. The largest absolute Gasteiger partial charge is 0.468 e. The Morgan fingerprint density at radius 1 is 1.39 bits per heavy atom. The average Bonchev–Trinajstić information content (AvgIpc) is 3.23. The van der Waals surface area contributed by atoms with Crippen molar-refractivity contribution in [2.45, 2.75) is 44.4 Å². The minimum Gasteiger partial charge on any atom is -0.468 e. The van der Waals surface area contributed by atoms with Crippen LogP contribution in [0.15, 0.2) is 18.3 Å². The molecule has 1 spiro atoms. The fourth-order valence-corrected chi connectivity index (χ4v) is 2.89. The van der Waals surface area contributed by atoms with Crippen LogP contribution in [0.2, 0.25) is 0 Å². The van der Waals surface area contributed by atoms with Crippen molar-refractivity contribution in [1.29, 1.82) is 0 Å². The molecule has 2 amide bonds. The molecule has 1 heterocycles. The van der Waals surface area contributed by atoms with Crippen molar-refractivity contribution in [3.8, 4) is 5.88 Å². The zero-order chi connectivity index (χ0) is 16.5. The van der Waals surface area contributed by atoms with E-state index >= 15 is 0 Å². The molecule has 126 valence electrons. The number of amides is 2. The SMILES string of the molecule is O=C(NCc1ccnc(OCC(F)(F)F)c1)NC1CC2(CC2)C1. The number of nitrogens with zero attached hydrogens (tertiary/aromatic N) is 1. The van der Waals surface area contributed by atoms with Crippen LogP contribution in [0.1, 0.15) is 31.2 Å². The molecule has 0 aromatic carbocycles. The first kappa shape index (κ1) is 15.9. The minimum atomic E-state index is -4.41. The van der Waals surface area contributed by atoms with E-state index in [0.29, 0.717) is 11.0 Å². The lowest BCUT2D eigenvalue weighted by atomic mass is 9.77. The Morgan fingerprint density at radius 2 is 2.13 bits per heavy atom.